The van der Waals surface area contributed by atoms with Crippen LogP contribution < -0.4 is 20.3 Å². The molecule has 1 atom stereocenters. The van der Waals surface area contributed by atoms with Gasteiger partial charge in [-0.2, -0.15) is 5.10 Å². The van der Waals surface area contributed by atoms with Gasteiger partial charge in [0.25, 0.3) is 5.56 Å². The average Bonchev–Trinajstić information content (AvgIpc) is 2.74. The average molecular weight is 395 g/mol. The highest BCUT2D eigenvalue weighted by molar-refractivity contribution is 5.89. The Kier molecular flexibility index (Phi) is 6.49. The summed E-state index contributed by atoms with van der Waals surface area (Å²) in [5.41, 5.74) is 0.826. The van der Waals surface area contributed by atoms with Crippen molar-refractivity contribution >= 4 is 16.7 Å². The number of hydrogen-bond donors (Lipinski definition) is 1. The van der Waals surface area contributed by atoms with E-state index in [0.29, 0.717) is 22.3 Å². The molecule has 1 N–H and O–H groups in total. The Morgan fingerprint density at radius 1 is 1.14 bits per heavy atom. The van der Waals surface area contributed by atoms with Gasteiger partial charge in [0.05, 0.1) is 25.8 Å². The normalized spacial score (nSPS) is 11.8. The fourth-order valence-corrected chi connectivity index (χ4v) is 3.25. The summed E-state index contributed by atoms with van der Waals surface area (Å²) in [4.78, 5) is 25.3. The van der Waals surface area contributed by atoms with E-state index in [1.54, 1.807) is 18.3 Å². The molecule has 1 heterocycles. The number of aryl methyl sites for hydroxylation is 1. The van der Waals surface area contributed by atoms with Crippen LogP contribution in [-0.2, 0) is 17.8 Å². The molecule has 0 aliphatic heterocycles. The van der Waals surface area contributed by atoms with Crippen LogP contribution >= 0.6 is 0 Å². The third-order valence-corrected chi connectivity index (χ3v) is 4.77. The first kappa shape index (κ1) is 20.4. The van der Waals surface area contributed by atoms with Gasteiger partial charge >= 0.3 is 0 Å². The maximum Gasteiger partial charge on any atom is 0.279 e. The molecular weight excluding hydrogens is 370 g/mol. The summed E-state index contributed by atoms with van der Waals surface area (Å²) in [6.07, 6.45) is 3.22. The van der Waals surface area contributed by atoms with Gasteiger partial charge in [-0.1, -0.05) is 30.3 Å². The molecule has 0 saturated carbocycles. The molecule has 3 rings (SSSR count). The first-order valence-electron chi connectivity index (χ1n) is 9.47. The number of ether oxygens (including phenoxy) is 2. The zero-order chi connectivity index (χ0) is 20.8. The highest BCUT2D eigenvalue weighted by Crippen LogP contribution is 2.32. The molecule has 7 nitrogen and oxygen atoms in total. The van der Waals surface area contributed by atoms with E-state index in [-0.39, 0.29) is 18.5 Å². The second kappa shape index (κ2) is 9.23. The Balaban J connectivity index is 1.71. The molecule has 0 bridgehead atoms. The van der Waals surface area contributed by atoms with E-state index in [9.17, 15) is 9.59 Å². The zero-order valence-electron chi connectivity index (χ0n) is 16.8. The minimum Gasteiger partial charge on any atom is -0.493 e. The molecule has 0 spiro atoms. The van der Waals surface area contributed by atoms with E-state index in [1.807, 2.05) is 25.1 Å². The van der Waals surface area contributed by atoms with E-state index >= 15 is 0 Å². The standard InChI is InChI=1S/C22H25N3O4/c1-15(9-10-16-7-5-4-6-8-16)24-19(26)14-25-22(27)20-17(13-23-25)11-12-18(28-2)21(20)29-3/h4-8,11-13,15H,9-10,14H2,1-3H3,(H,24,26). The van der Waals surface area contributed by atoms with Crippen LogP contribution in [0.1, 0.15) is 18.9 Å². The molecular formula is C22H25N3O4. The maximum absolute atomic E-state index is 12.9. The van der Waals surface area contributed by atoms with Crippen LogP contribution in [0, 0.1) is 0 Å². The highest BCUT2D eigenvalue weighted by atomic mass is 16.5. The molecule has 2 aromatic carbocycles. The molecule has 0 saturated heterocycles. The molecule has 0 aliphatic rings. The summed E-state index contributed by atoms with van der Waals surface area (Å²) in [6, 6.07) is 13.5. The van der Waals surface area contributed by atoms with Gasteiger partial charge < -0.3 is 14.8 Å². The SMILES string of the molecule is COc1ccc2cnn(CC(=O)NC(C)CCc3ccccc3)c(=O)c2c1OC. The molecule has 152 valence electrons. The van der Waals surface area contributed by atoms with Crippen molar-refractivity contribution in [1.82, 2.24) is 15.1 Å². The molecule has 1 amide bonds. The number of hydrogen-bond acceptors (Lipinski definition) is 5. The molecule has 3 aromatic rings. The number of rotatable bonds is 8. The van der Waals surface area contributed by atoms with E-state index in [1.165, 1.54) is 19.8 Å². The summed E-state index contributed by atoms with van der Waals surface area (Å²) >= 11 is 0. The van der Waals surface area contributed by atoms with Crippen LogP contribution in [0.4, 0.5) is 0 Å². The summed E-state index contributed by atoms with van der Waals surface area (Å²) < 4.78 is 11.8. The molecule has 7 heteroatoms. The fraction of sp³-hybridized carbons (Fsp3) is 0.318. The number of methoxy groups -OCH3 is 2. The molecule has 29 heavy (non-hydrogen) atoms. The van der Waals surface area contributed by atoms with Crippen LogP contribution in [0.15, 0.2) is 53.5 Å². The number of nitrogens with one attached hydrogen (secondary N) is 1. The van der Waals surface area contributed by atoms with E-state index in [0.717, 1.165) is 17.5 Å². The van der Waals surface area contributed by atoms with Gasteiger partial charge in [0.15, 0.2) is 11.5 Å². The van der Waals surface area contributed by atoms with Gasteiger partial charge in [-0.25, -0.2) is 4.68 Å². The van der Waals surface area contributed by atoms with Crippen molar-refractivity contribution < 1.29 is 14.3 Å². The van der Waals surface area contributed by atoms with Crippen LogP contribution in [0.5, 0.6) is 11.5 Å². The predicted octanol–water partition coefficient (Wildman–Crippen LogP) is 2.55. The third kappa shape index (κ3) is 4.74. The van der Waals surface area contributed by atoms with Gasteiger partial charge in [0.2, 0.25) is 5.91 Å². The van der Waals surface area contributed by atoms with E-state index < -0.39 is 5.56 Å². The largest absolute Gasteiger partial charge is 0.493 e. The fourth-order valence-electron chi connectivity index (χ4n) is 3.25. The third-order valence-electron chi connectivity index (χ3n) is 4.77. The lowest BCUT2D eigenvalue weighted by Crippen LogP contribution is -2.38. The quantitative estimate of drug-likeness (QED) is 0.634. The second-order valence-electron chi connectivity index (χ2n) is 6.87. The molecule has 1 aromatic heterocycles. The second-order valence-corrected chi connectivity index (χ2v) is 6.87. The number of carbonyl (C=O) groups is 1. The van der Waals surface area contributed by atoms with Gasteiger partial charge in [0.1, 0.15) is 6.54 Å². The Bertz CT molecular complexity index is 1050. The highest BCUT2D eigenvalue weighted by Gasteiger charge is 2.16. The first-order chi connectivity index (χ1) is 14.0. The van der Waals surface area contributed by atoms with Crippen molar-refractivity contribution in [3.63, 3.8) is 0 Å². The van der Waals surface area contributed by atoms with Crippen LogP contribution in [0.2, 0.25) is 0 Å². The van der Waals surface area contributed by atoms with Crippen LogP contribution in [-0.4, -0.2) is 35.9 Å². The number of carbonyl (C=O) groups excluding carboxylic acids is 1. The summed E-state index contributed by atoms with van der Waals surface area (Å²) in [7, 11) is 2.98. The predicted molar refractivity (Wildman–Crippen MR) is 111 cm³/mol. The van der Waals surface area contributed by atoms with Crippen molar-refractivity contribution in [1.29, 1.82) is 0 Å². The van der Waals surface area contributed by atoms with Gasteiger partial charge in [-0.15, -0.1) is 0 Å². The van der Waals surface area contributed by atoms with Crippen molar-refractivity contribution in [2.45, 2.75) is 32.4 Å². The first-order valence-corrected chi connectivity index (χ1v) is 9.47. The van der Waals surface area contributed by atoms with Crippen molar-refractivity contribution in [3.05, 3.63) is 64.6 Å². The van der Waals surface area contributed by atoms with Crippen LogP contribution in [0.25, 0.3) is 10.8 Å². The minimum atomic E-state index is -0.398. The molecule has 1 unspecified atom stereocenters. The Morgan fingerprint density at radius 3 is 2.59 bits per heavy atom. The number of aromatic nitrogens is 2. The lowest BCUT2D eigenvalue weighted by atomic mass is 10.1. The molecule has 0 fully saturated rings. The summed E-state index contributed by atoms with van der Waals surface area (Å²) in [5, 5.41) is 8.02. The molecule has 0 radical (unpaired) electrons. The summed E-state index contributed by atoms with van der Waals surface area (Å²) in [6.45, 7) is 1.79. The topological polar surface area (TPSA) is 82.5 Å². The lowest BCUT2D eigenvalue weighted by molar-refractivity contribution is -0.122. The monoisotopic (exact) mass is 395 g/mol. The van der Waals surface area contributed by atoms with Crippen LogP contribution in [0.3, 0.4) is 0 Å². The Labute approximate surface area is 169 Å². The van der Waals surface area contributed by atoms with Crippen molar-refractivity contribution in [3.8, 4) is 11.5 Å². The van der Waals surface area contributed by atoms with Gasteiger partial charge in [-0.3, -0.25) is 9.59 Å². The number of nitrogens with zero attached hydrogens (tertiary/aromatic N) is 2. The Hall–Kier alpha value is -3.35. The number of amides is 1. The van der Waals surface area contributed by atoms with Gasteiger partial charge in [-0.05, 0) is 37.5 Å². The van der Waals surface area contributed by atoms with Gasteiger partial charge in [0, 0.05) is 11.4 Å². The molecule has 0 aliphatic carbocycles. The smallest absolute Gasteiger partial charge is 0.279 e. The Morgan fingerprint density at radius 2 is 1.90 bits per heavy atom. The number of benzene rings is 2. The van der Waals surface area contributed by atoms with E-state index in [2.05, 4.69) is 22.5 Å². The maximum atomic E-state index is 12.9. The van der Waals surface area contributed by atoms with Crippen molar-refractivity contribution in [2.24, 2.45) is 0 Å². The zero-order valence-corrected chi connectivity index (χ0v) is 16.8. The van der Waals surface area contributed by atoms with E-state index in [4.69, 9.17) is 9.47 Å². The number of fused-ring (bicyclic) bond motifs is 1. The minimum absolute atomic E-state index is 0.0199. The summed E-state index contributed by atoms with van der Waals surface area (Å²) in [5.74, 6) is 0.526. The lowest BCUT2D eigenvalue weighted by Gasteiger charge is -2.15. The van der Waals surface area contributed by atoms with Crippen molar-refractivity contribution in [2.75, 3.05) is 14.2 Å².